The molecular weight excluding hydrogens is 256 g/mol. The summed E-state index contributed by atoms with van der Waals surface area (Å²) in [5, 5.41) is 6.41. The predicted octanol–water partition coefficient (Wildman–Crippen LogP) is 0.655. The van der Waals surface area contributed by atoms with Crippen LogP contribution in [0.3, 0.4) is 0 Å². The molecule has 0 aromatic carbocycles. The van der Waals surface area contributed by atoms with E-state index in [0.717, 1.165) is 11.3 Å². The number of Topliss-reactive ketones (excluding diaryl/α,β-unsaturated/α-hetero) is 1. The van der Waals surface area contributed by atoms with Gasteiger partial charge < -0.3 is 5.73 Å². The first-order valence-corrected chi connectivity index (χ1v) is 6.16. The molecule has 1 amide bonds. The van der Waals surface area contributed by atoms with Crippen molar-refractivity contribution in [2.75, 3.05) is 0 Å². The molecule has 0 atom stereocenters. The zero-order chi connectivity index (χ0) is 14.1. The molecule has 100 valence electrons. The van der Waals surface area contributed by atoms with Crippen molar-refractivity contribution in [2.24, 2.45) is 5.73 Å². The molecule has 2 aromatic rings. The normalized spacial score (nSPS) is 12.9. The topological polar surface area (TPSA) is 102 Å². The summed E-state index contributed by atoms with van der Waals surface area (Å²) >= 11 is 0. The summed E-state index contributed by atoms with van der Waals surface area (Å²) in [5.41, 5.74) is 8.32. The Balaban J connectivity index is 1.85. The molecule has 2 aromatic heterocycles. The highest BCUT2D eigenvalue weighted by atomic mass is 16.1. The second-order valence-corrected chi connectivity index (χ2v) is 4.55. The molecule has 0 spiro atoms. The van der Waals surface area contributed by atoms with Crippen LogP contribution in [-0.2, 0) is 17.6 Å². The number of allylic oxidation sites excluding steroid dienone is 2. The molecular formula is C14H12N4O2. The maximum atomic E-state index is 12.4. The summed E-state index contributed by atoms with van der Waals surface area (Å²) in [6.07, 6.45) is 5.63. The number of hydrogen-bond acceptors (Lipinski definition) is 4. The summed E-state index contributed by atoms with van der Waals surface area (Å²) in [5.74, 6) is -0.674. The molecule has 0 saturated carbocycles. The number of carbonyl (C=O) groups excluding carboxylic acids is 2. The molecule has 0 fully saturated rings. The van der Waals surface area contributed by atoms with Crippen LogP contribution < -0.4 is 5.73 Å². The Hall–Kier alpha value is -2.76. The van der Waals surface area contributed by atoms with Gasteiger partial charge in [-0.1, -0.05) is 12.1 Å². The van der Waals surface area contributed by atoms with Gasteiger partial charge in [-0.15, -0.1) is 0 Å². The average molecular weight is 268 g/mol. The molecule has 2 heterocycles. The van der Waals surface area contributed by atoms with Gasteiger partial charge in [0.15, 0.2) is 5.78 Å². The monoisotopic (exact) mass is 268 g/mol. The van der Waals surface area contributed by atoms with Gasteiger partial charge in [0.2, 0.25) is 0 Å². The van der Waals surface area contributed by atoms with E-state index in [1.54, 1.807) is 12.3 Å². The highest BCUT2D eigenvalue weighted by molar-refractivity contribution is 6.22. The Kier molecular flexibility index (Phi) is 2.90. The van der Waals surface area contributed by atoms with Crippen molar-refractivity contribution in [1.29, 1.82) is 0 Å². The van der Waals surface area contributed by atoms with Crippen molar-refractivity contribution < 1.29 is 9.59 Å². The van der Waals surface area contributed by atoms with Gasteiger partial charge in [-0.25, -0.2) is 0 Å². The zero-order valence-corrected chi connectivity index (χ0v) is 10.6. The fourth-order valence-electron chi connectivity index (χ4n) is 2.33. The molecule has 3 N–H and O–H groups in total. The summed E-state index contributed by atoms with van der Waals surface area (Å²) < 4.78 is 0. The van der Waals surface area contributed by atoms with Crippen molar-refractivity contribution in [3.63, 3.8) is 0 Å². The number of amides is 1. The number of aromatic amines is 1. The van der Waals surface area contributed by atoms with Crippen LogP contribution in [0.5, 0.6) is 0 Å². The first-order chi connectivity index (χ1) is 9.66. The molecule has 0 aliphatic heterocycles. The SMILES string of the molecule is NC(=O)c1cn[nH]c1CC(=O)C1=CCc2ncccc21. The van der Waals surface area contributed by atoms with Crippen molar-refractivity contribution >= 4 is 17.3 Å². The number of rotatable bonds is 4. The van der Waals surface area contributed by atoms with Gasteiger partial charge in [0.1, 0.15) is 0 Å². The average Bonchev–Trinajstić information content (AvgIpc) is 3.04. The Morgan fingerprint density at radius 1 is 1.40 bits per heavy atom. The minimum atomic E-state index is -0.594. The first kappa shape index (κ1) is 12.3. The third-order valence-corrected chi connectivity index (χ3v) is 3.30. The number of primary amides is 1. The van der Waals surface area contributed by atoms with Crippen LogP contribution in [0.2, 0.25) is 0 Å². The minimum absolute atomic E-state index is 0.0679. The van der Waals surface area contributed by atoms with Crippen molar-refractivity contribution in [3.8, 4) is 0 Å². The lowest BCUT2D eigenvalue weighted by atomic mass is 10.0. The van der Waals surface area contributed by atoms with E-state index in [4.69, 9.17) is 5.73 Å². The number of carbonyl (C=O) groups is 2. The Morgan fingerprint density at radius 2 is 2.25 bits per heavy atom. The molecule has 3 rings (SSSR count). The number of aromatic nitrogens is 3. The van der Waals surface area contributed by atoms with Gasteiger partial charge >= 0.3 is 0 Å². The van der Waals surface area contributed by atoms with E-state index in [0.29, 0.717) is 17.7 Å². The van der Waals surface area contributed by atoms with Gasteiger partial charge in [-0.05, 0) is 6.07 Å². The van der Waals surface area contributed by atoms with E-state index < -0.39 is 5.91 Å². The second-order valence-electron chi connectivity index (χ2n) is 4.55. The second kappa shape index (κ2) is 4.73. The van der Waals surface area contributed by atoms with Crippen molar-refractivity contribution in [2.45, 2.75) is 12.8 Å². The fraction of sp³-hybridized carbons (Fsp3) is 0.143. The first-order valence-electron chi connectivity index (χ1n) is 6.16. The van der Waals surface area contributed by atoms with Crippen LogP contribution in [-0.4, -0.2) is 26.9 Å². The number of hydrogen-bond donors (Lipinski definition) is 2. The fourth-order valence-corrected chi connectivity index (χ4v) is 2.33. The molecule has 0 saturated heterocycles. The van der Waals surface area contributed by atoms with Crippen molar-refractivity contribution in [3.05, 3.63) is 53.1 Å². The standard InChI is InChI=1S/C14H12N4O2/c15-14(20)10-7-17-18-12(10)6-13(19)9-3-4-11-8(9)2-1-5-16-11/h1-3,5,7H,4,6H2,(H2,15,20)(H,17,18). The van der Waals surface area contributed by atoms with Gasteiger partial charge in [0.25, 0.3) is 5.91 Å². The van der Waals surface area contributed by atoms with E-state index in [2.05, 4.69) is 15.2 Å². The molecule has 6 heteroatoms. The van der Waals surface area contributed by atoms with Gasteiger partial charge in [-0.2, -0.15) is 5.10 Å². The predicted molar refractivity (Wildman–Crippen MR) is 71.7 cm³/mol. The molecule has 1 aliphatic rings. The maximum absolute atomic E-state index is 12.4. The smallest absolute Gasteiger partial charge is 0.252 e. The van der Waals surface area contributed by atoms with Crippen LogP contribution in [0, 0.1) is 0 Å². The molecule has 6 nitrogen and oxygen atoms in total. The molecule has 0 unspecified atom stereocenters. The molecule has 20 heavy (non-hydrogen) atoms. The number of pyridine rings is 1. The van der Waals surface area contributed by atoms with Crippen LogP contribution in [0.4, 0.5) is 0 Å². The van der Waals surface area contributed by atoms with Crippen LogP contribution in [0.25, 0.3) is 5.57 Å². The van der Waals surface area contributed by atoms with Crippen LogP contribution >= 0.6 is 0 Å². The van der Waals surface area contributed by atoms with Gasteiger partial charge in [0.05, 0.1) is 29.6 Å². The molecule has 1 aliphatic carbocycles. The maximum Gasteiger partial charge on any atom is 0.252 e. The van der Waals surface area contributed by atoms with Gasteiger partial charge in [0, 0.05) is 23.8 Å². The van der Waals surface area contributed by atoms with E-state index in [1.165, 1.54) is 6.20 Å². The number of nitrogens with one attached hydrogen (secondary N) is 1. The lowest BCUT2D eigenvalue weighted by Gasteiger charge is -2.04. The van der Waals surface area contributed by atoms with Crippen molar-refractivity contribution in [1.82, 2.24) is 15.2 Å². The Labute approximate surface area is 114 Å². The Bertz CT molecular complexity index is 730. The summed E-state index contributed by atoms with van der Waals surface area (Å²) in [7, 11) is 0. The van der Waals surface area contributed by atoms with Gasteiger partial charge in [-0.3, -0.25) is 19.7 Å². The summed E-state index contributed by atoms with van der Waals surface area (Å²) in [6.45, 7) is 0. The minimum Gasteiger partial charge on any atom is -0.365 e. The molecule has 0 radical (unpaired) electrons. The van der Waals surface area contributed by atoms with E-state index in [9.17, 15) is 9.59 Å². The highest BCUT2D eigenvalue weighted by Gasteiger charge is 2.22. The summed E-state index contributed by atoms with van der Waals surface area (Å²) in [4.78, 5) is 27.8. The molecule has 0 bridgehead atoms. The van der Waals surface area contributed by atoms with Crippen LogP contribution in [0.15, 0.2) is 30.6 Å². The quantitative estimate of drug-likeness (QED) is 0.850. The van der Waals surface area contributed by atoms with Crippen LogP contribution in [0.1, 0.15) is 27.3 Å². The largest absolute Gasteiger partial charge is 0.365 e. The number of nitrogens with two attached hydrogens (primary N) is 1. The highest BCUT2D eigenvalue weighted by Crippen LogP contribution is 2.27. The lowest BCUT2D eigenvalue weighted by Crippen LogP contribution is -2.15. The number of ketones is 1. The lowest BCUT2D eigenvalue weighted by molar-refractivity contribution is -0.113. The summed E-state index contributed by atoms with van der Waals surface area (Å²) in [6, 6.07) is 3.68. The van der Waals surface area contributed by atoms with E-state index in [-0.39, 0.29) is 17.8 Å². The van der Waals surface area contributed by atoms with E-state index in [1.807, 2.05) is 12.1 Å². The third kappa shape index (κ3) is 2.01. The Morgan fingerprint density at radius 3 is 3.05 bits per heavy atom. The third-order valence-electron chi connectivity index (χ3n) is 3.30. The van der Waals surface area contributed by atoms with E-state index >= 15 is 0 Å². The number of fused-ring (bicyclic) bond motifs is 1. The zero-order valence-electron chi connectivity index (χ0n) is 10.6. The number of H-pyrrole nitrogens is 1. The number of nitrogens with zero attached hydrogens (tertiary/aromatic N) is 2.